The van der Waals surface area contributed by atoms with E-state index in [9.17, 15) is 9.59 Å². The molecular weight excluding hydrogens is 452 g/mol. The Kier molecular flexibility index (Phi) is 7.98. The maximum atomic E-state index is 12.7. The Morgan fingerprint density at radius 3 is 1.25 bits per heavy atom. The van der Waals surface area contributed by atoms with E-state index in [0.29, 0.717) is 11.5 Å². The Hall–Kier alpha value is -4.58. The molecule has 0 aliphatic carbocycles. The van der Waals surface area contributed by atoms with Crippen molar-refractivity contribution in [2.24, 2.45) is 0 Å². The second kappa shape index (κ2) is 11.7. The Morgan fingerprint density at radius 2 is 0.861 bits per heavy atom. The molecule has 0 saturated heterocycles. The highest BCUT2D eigenvalue weighted by atomic mass is 16.5. The van der Waals surface area contributed by atoms with Crippen molar-refractivity contribution in [3.63, 3.8) is 0 Å². The van der Waals surface area contributed by atoms with E-state index in [4.69, 9.17) is 9.47 Å². The number of hydrogen-bond acceptors (Lipinski definition) is 4. The highest BCUT2D eigenvalue weighted by Gasteiger charge is 2.17. The predicted molar refractivity (Wildman–Crippen MR) is 143 cm³/mol. The van der Waals surface area contributed by atoms with Gasteiger partial charge in [0.25, 0.3) is 11.8 Å². The van der Waals surface area contributed by atoms with Crippen LogP contribution in [0.1, 0.15) is 0 Å². The Balaban J connectivity index is 1.47. The van der Waals surface area contributed by atoms with Crippen LogP contribution in [0.2, 0.25) is 0 Å². The topological polar surface area (TPSA) is 59.1 Å². The first-order valence-electron chi connectivity index (χ1n) is 11.6. The van der Waals surface area contributed by atoms with E-state index in [2.05, 4.69) is 0 Å². The highest BCUT2D eigenvalue weighted by Crippen LogP contribution is 2.36. The molecule has 0 aliphatic heterocycles. The molecule has 0 saturated carbocycles. The molecule has 0 fully saturated rings. The molecule has 0 radical (unpaired) electrons. The smallest absolute Gasteiger partial charge is 0.264 e. The molecule has 4 aromatic carbocycles. The van der Waals surface area contributed by atoms with E-state index < -0.39 is 0 Å². The average Bonchev–Trinajstić information content (AvgIpc) is 2.95. The fraction of sp³-hybridized carbons (Fsp3) is 0.133. The molecular formula is C30H28N2O4. The number of para-hydroxylation sites is 4. The standard InChI is InChI=1S/C30H28N2O4/c1-31(23-13-5-3-6-14-23)29(33)21-35-27-19-11-9-17-25(27)26-18-10-12-20-28(26)36-22-30(34)32(2)24-15-7-4-8-16-24/h3-20H,21-22H2,1-2H3. The zero-order valence-electron chi connectivity index (χ0n) is 20.3. The fourth-order valence-electron chi connectivity index (χ4n) is 3.69. The minimum Gasteiger partial charge on any atom is -0.483 e. The lowest BCUT2D eigenvalue weighted by atomic mass is 10.0. The number of anilines is 2. The van der Waals surface area contributed by atoms with E-state index in [0.717, 1.165) is 22.5 Å². The number of nitrogens with zero attached hydrogens (tertiary/aromatic N) is 2. The molecule has 182 valence electrons. The summed E-state index contributed by atoms with van der Waals surface area (Å²) in [5.74, 6) is 0.761. The molecule has 36 heavy (non-hydrogen) atoms. The molecule has 4 rings (SSSR count). The normalized spacial score (nSPS) is 10.4. The van der Waals surface area contributed by atoms with E-state index in [1.54, 1.807) is 23.9 Å². The van der Waals surface area contributed by atoms with Crippen molar-refractivity contribution < 1.29 is 19.1 Å². The van der Waals surface area contributed by atoms with Gasteiger partial charge in [-0.15, -0.1) is 0 Å². The quantitative estimate of drug-likeness (QED) is 0.320. The molecule has 0 heterocycles. The van der Waals surface area contributed by atoms with Gasteiger partial charge in [-0.05, 0) is 36.4 Å². The number of likely N-dealkylation sites (N-methyl/N-ethyl adjacent to an activating group) is 2. The van der Waals surface area contributed by atoms with Gasteiger partial charge in [-0.25, -0.2) is 0 Å². The molecule has 0 spiro atoms. The third kappa shape index (κ3) is 5.91. The molecule has 0 bridgehead atoms. The summed E-state index contributed by atoms with van der Waals surface area (Å²) in [6.07, 6.45) is 0. The first-order chi connectivity index (χ1) is 17.5. The van der Waals surface area contributed by atoms with Gasteiger partial charge < -0.3 is 19.3 Å². The van der Waals surface area contributed by atoms with E-state index >= 15 is 0 Å². The van der Waals surface area contributed by atoms with Crippen LogP contribution in [0.15, 0.2) is 109 Å². The van der Waals surface area contributed by atoms with Gasteiger partial charge in [-0.3, -0.25) is 9.59 Å². The van der Waals surface area contributed by atoms with Crippen molar-refractivity contribution in [2.45, 2.75) is 0 Å². The molecule has 0 unspecified atom stereocenters. The lowest BCUT2D eigenvalue weighted by molar-refractivity contribution is -0.121. The van der Waals surface area contributed by atoms with Crippen molar-refractivity contribution in [1.29, 1.82) is 0 Å². The van der Waals surface area contributed by atoms with Gasteiger partial charge in [0, 0.05) is 36.6 Å². The second-order valence-corrected chi connectivity index (χ2v) is 8.15. The van der Waals surface area contributed by atoms with Crippen LogP contribution in [0.4, 0.5) is 11.4 Å². The minimum atomic E-state index is -0.171. The average molecular weight is 481 g/mol. The molecule has 6 heteroatoms. The molecule has 0 atom stereocenters. The summed E-state index contributed by atoms with van der Waals surface area (Å²) in [5, 5.41) is 0. The number of rotatable bonds is 9. The van der Waals surface area contributed by atoms with Crippen LogP contribution in [0.25, 0.3) is 11.1 Å². The van der Waals surface area contributed by atoms with Gasteiger partial charge in [0.05, 0.1) is 0 Å². The predicted octanol–water partition coefficient (Wildman–Crippen LogP) is 5.44. The molecule has 2 amide bonds. The SMILES string of the molecule is CN(C(=O)COc1ccccc1-c1ccccc1OCC(=O)N(C)c1ccccc1)c1ccccc1. The molecule has 0 aromatic heterocycles. The second-order valence-electron chi connectivity index (χ2n) is 8.15. The van der Waals surface area contributed by atoms with Crippen molar-refractivity contribution in [1.82, 2.24) is 0 Å². The third-order valence-corrected chi connectivity index (χ3v) is 5.80. The van der Waals surface area contributed by atoms with Crippen LogP contribution >= 0.6 is 0 Å². The number of hydrogen-bond donors (Lipinski definition) is 0. The van der Waals surface area contributed by atoms with Gasteiger partial charge in [0.2, 0.25) is 0 Å². The molecule has 0 aliphatic rings. The largest absolute Gasteiger partial charge is 0.483 e. The molecule has 0 N–H and O–H groups in total. The van der Waals surface area contributed by atoms with Crippen LogP contribution < -0.4 is 19.3 Å². The zero-order chi connectivity index (χ0) is 25.3. The summed E-state index contributed by atoms with van der Waals surface area (Å²) in [4.78, 5) is 28.6. The van der Waals surface area contributed by atoms with E-state index in [1.807, 2.05) is 109 Å². The third-order valence-electron chi connectivity index (χ3n) is 5.80. The lowest BCUT2D eigenvalue weighted by Gasteiger charge is -2.20. The van der Waals surface area contributed by atoms with Crippen LogP contribution in [-0.2, 0) is 9.59 Å². The number of carbonyl (C=O) groups is 2. The summed E-state index contributed by atoms with van der Waals surface area (Å²) in [7, 11) is 3.44. The highest BCUT2D eigenvalue weighted by molar-refractivity contribution is 5.94. The first kappa shape index (κ1) is 24.5. The summed E-state index contributed by atoms with van der Waals surface area (Å²) in [5.41, 5.74) is 3.13. The van der Waals surface area contributed by atoms with Crippen molar-refractivity contribution in [3.8, 4) is 22.6 Å². The maximum absolute atomic E-state index is 12.7. The maximum Gasteiger partial charge on any atom is 0.264 e. The zero-order valence-corrected chi connectivity index (χ0v) is 20.3. The van der Waals surface area contributed by atoms with Crippen molar-refractivity contribution in [3.05, 3.63) is 109 Å². The molecule has 4 aromatic rings. The summed E-state index contributed by atoms with van der Waals surface area (Å²) in [6, 6.07) is 33.8. The minimum absolute atomic E-state index is 0.119. The van der Waals surface area contributed by atoms with Crippen LogP contribution in [-0.4, -0.2) is 39.1 Å². The first-order valence-corrected chi connectivity index (χ1v) is 11.6. The number of amides is 2. The van der Waals surface area contributed by atoms with Crippen molar-refractivity contribution >= 4 is 23.2 Å². The van der Waals surface area contributed by atoms with Crippen LogP contribution in [0.3, 0.4) is 0 Å². The number of carbonyl (C=O) groups excluding carboxylic acids is 2. The van der Waals surface area contributed by atoms with Crippen LogP contribution in [0, 0.1) is 0 Å². The monoisotopic (exact) mass is 480 g/mol. The van der Waals surface area contributed by atoms with Gasteiger partial charge in [-0.2, -0.15) is 0 Å². The van der Waals surface area contributed by atoms with Gasteiger partial charge >= 0.3 is 0 Å². The Morgan fingerprint density at radius 1 is 0.528 bits per heavy atom. The van der Waals surface area contributed by atoms with E-state index in [1.165, 1.54) is 0 Å². The van der Waals surface area contributed by atoms with Gasteiger partial charge in [0.1, 0.15) is 11.5 Å². The summed E-state index contributed by atoms with van der Waals surface area (Å²) >= 11 is 0. The van der Waals surface area contributed by atoms with Gasteiger partial charge in [-0.1, -0.05) is 72.8 Å². The summed E-state index contributed by atoms with van der Waals surface area (Å²) < 4.78 is 11.9. The fourth-order valence-corrected chi connectivity index (χ4v) is 3.69. The number of ether oxygens (including phenoxy) is 2. The Labute approximate surface area is 211 Å². The lowest BCUT2D eigenvalue weighted by Crippen LogP contribution is -2.31. The Bertz CT molecular complexity index is 1210. The molecule has 6 nitrogen and oxygen atoms in total. The van der Waals surface area contributed by atoms with Crippen molar-refractivity contribution in [2.75, 3.05) is 37.1 Å². The number of benzene rings is 4. The van der Waals surface area contributed by atoms with Crippen LogP contribution in [0.5, 0.6) is 11.5 Å². The van der Waals surface area contributed by atoms with Gasteiger partial charge in [0.15, 0.2) is 13.2 Å². The summed E-state index contributed by atoms with van der Waals surface area (Å²) in [6.45, 7) is -0.239. The van der Waals surface area contributed by atoms with E-state index in [-0.39, 0.29) is 25.0 Å².